The number of primary amides is 1. The van der Waals surface area contributed by atoms with Gasteiger partial charge in [0.1, 0.15) is 29.9 Å². The third-order valence-electron chi connectivity index (χ3n) is 10.3. The molecule has 0 aliphatic carbocycles. The molecule has 0 unspecified atom stereocenters. The van der Waals surface area contributed by atoms with Crippen LogP contribution in [0.4, 0.5) is 0 Å². The number of Topliss-reactive ketones (excluding diaryl/α,β-unsaturated/α-hetero) is 1. The summed E-state index contributed by atoms with van der Waals surface area (Å²) in [4.78, 5) is 106. The lowest BCUT2D eigenvalue weighted by Crippen LogP contribution is -2.58. The number of amides is 5. The van der Waals surface area contributed by atoms with Gasteiger partial charge in [0.15, 0.2) is 5.78 Å². The van der Waals surface area contributed by atoms with E-state index in [1.54, 1.807) is 30.3 Å². The van der Waals surface area contributed by atoms with Crippen LogP contribution in [-0.2, 0) is 67.1 Å². The van der Waals surface area contributed by atoms with Gasteiger partial charge in [-0.05, 0) is 29.5 Å². The number of carboxylic acid groups (broad SMARTS) is 2. The highest BCUT2D eigenvalue weighted by atomic mass is 32.2. The third kappa shape index (κ3) is 18.6. The van der Waals surface area contributed by atoms with Crippen molar-refractivity contribution in [1.29, 1.82) is 0 Å². The second kappa shape index (κ2) is 26.0. The minimum atomic E-state index is -4.33. The molecule has 0 aromatic heterocycles. The number of nitrogens with one attached hydrogen (secondary N) is 3. The molecule has 0 aliphatic rings. The van der Waals surface area contributed by atoms with Gasteiger partial charge in [0, 0.05) is 26.9 Å². The molecule has 348 valence electrons. The van der Waals surface area contributed by atoms with Crippen LogP contribution in [0.5, 0.6) is 0 Å². The first-order valence-electron chi connectivity index (χ1n) is 20.5. The van der Waals surface area contributed by atoms with Gasteiger partial charge in [-0.2, -0.15) is 8.42 Å². The fourth-order valence-corrected chi connectivity index (χ4v) is 7.25. The van der Waals surface area contributed by atoms with E-state index in [1.165, 1.54) is 38.4 Å². The summed E-state index contributed by atoms with van der Waals surface area (Å²) in [6.07, 6.45) is 0.910. The Morgan fingerprint density at radius 1 is 0.698 bits per heavy atom. The number of carboxylic acids is 2. The minimum absolute atomic E-state index is 0.0349. The van der Waals surface area contributed by atoms with E-state index >= 15 is 0 Å². The molecule has 0 bridgehead atoms. The van der Waals surface area contributed by atoms with Crippen molar-refractivity contribution < 1.29 is 61.5 Å². The zero-order valence-electron chi connectivity index (χ0n) is 36.0. The second-order valence-electron chi connectivity index (χ2n) is 15.4. The molecule has 0 saturated heterocycles. The van der Waals surface area contributed by atoms with Crippen molar-refractivity contribution >= 4 is 57.4 Å². The predicted octanol–water partition coefficient (Wildman–Crippen LogP) is 0.153. The molecule has 0 radical (unpaired) electrons. The molecule has 63 heavy (non-hydrogen) atoms. The average Bonchev–Trinajstić information content (AvgIpc) is 3.22. The summed E-state index contributed by atoms with van der Waals surface area (Å²) < 4.78 is 31.9. The SMILES string of the molecule is CCCC[C@H](NC(=O)[C@H](Cc1ccc(CS(=O)(=O)O)cc1)NC(=O)C[C@H](N)C(=O)O)C(=O)CN[C@@H](CCCC)C(=O)N(C)[C@H](CC(=O)O)C(=O)N(C)[C@@H](Cc1ccccc1)C(N)=O. The van der Waals surface area contributed by atoms with Crippen molar-refractivity contribution in [3.8, 4) is 0 Å². The number of benzene rings is 2. The summed E-state index contributed by atoms with van der Waals surface area (Å²) in [5.74, 6) is -8.15. The molecule has 0 aliphatic heterocycles. The summed E-state index contributed by atoms with van der Waals surface area (Å²) in [6, 6.07) is 6.54. The van der Waals surface area contributed by atoms with Crippen molar-refractivity contribution in [2.24, 2.45) is 11.5 Å². The van der Waals surface area contributed by atoms with Crippen LogP contribution >= 0.6 is 0 Å². The first-order valence-corrected chi connectivity index (χ1v) is 22.1. The van der Waals surface area contributed by atoms with Gasteiger partial charge in [0.2, 0.25) is 29.5 Å². The fourth-order valence-electron chi connectivity index (χ4n) is 6.64. The summed E-state index contributed by atoms with van der Waals surface area (Å²) in [7, 11) is -1.78. The monoisotopic (exact) mass is 903 g/mol. The highest BCUT2D eigenvalue weighted by Crippen LogP contribution is 2.17. The number of aliphatic carboxylic acids is 2. The molecular formula is C42H61N7O13S. The third-order valence-corrected chi connectivity index (χ3v) is 11.0. The van der Waals surface area contributed by atoms with Gasteiger partial charge in [-0.25, -0.2) is 0 Å². The Morgan fingerprint density at radius 3 is 1.76 bits per heavy atom. The maximum atomic E-state index is 14.1. The van der Waals surface area contributed by atoms with Gasteiger partial charge in [0.05, 0.1) is 31.5 Å². The van der Waals surface area contributed by atoms with Crippen LogP contribution in [0.25, 0.3) is 0 Å². The van der Waals surface area contributed by atoms with Crippen LogP contribution in [0.3, 0.4) is 0 Å². The lowest BCUT2D eigenvalue weighted by atomic mass is 10.0. The molecule has 0 heterocycles. The Balaban J connectivity index is 2.35. The number of hydrogen-bond donors (Lipinski definition) is 8. The largest absolute Gasteiger partial charge is 0.481 e. The lowest BCUT2D eigenvalue weighted by molar-refractivity contribution is -0.152. The molecule has 0 saturated carbocycles. The Kier molecular flexibility index (Phi) is 22.0. The quantitative estimate of drug-likeness (QED) is 0.0504. The average molecular weight is 904 g/mol. The number of carbonyl (C=O) groups is 8. The summed E-state index contributed by atoms with van der Waals surface area (Å²) in [5, 5.41) is 27.1. The van der Waals surface area contributed by atoms with E-state index in [0.717, 1.165) is 9.80 Å². The van der Waals surface area contributed by atoms with Crippen molar-refractivity contribution in [2.75, 3.05) is 20.6 Å². The van der Waals surface area contributed by atoms with Gasteiger partial charge in [-0.1, -0.05) is 94.1 Å². The minimum Gasteiger partial charge on any atom is -0.481 e. The van der Waals surface area contributed by atoms with Crippen LogP contribution in [0.1, 0.15) is 81.9 Å². The molecular weight excluding hydrogens is 843 g/mol. The van der Waals surface area contributed by atoms with E-state index in [9.17, 15) is 61.5 Å². The Morgan fingerprint density at radius 2 is 1.24 bits per heavy atom. The van der Waals surface area contributed by atoms with Crippen LogP contribution in [0.15, 0.2) is 54.6 Å². The molecule has 20 nitrogen and oxygen atoms in total. The van der Waals surface area contributed by atoms with E-state index < -0.39 is 119 Å². The van der Waals surface area contributed by atoms with Gasteiger partial charge in [0.25, 0.3) is 10.1 Å². The Bertz CT molecular complexity index is 2000. The standard InChI is InChI=1S/C42H61N7O13S/c1-5-7-14-30(47-39(55)32(46-36(51)22-29(43)42(58)59)20-27-16-18-28(19-17-27)25-63(60,61)62)35(50)24-45-31(15-8-6-2)40(56)49(4)34(23-37(52)53)41(57)48(3)33(38(44)54)21-26-12-10-9-11-13-26/h9-13,16-19,29-34,45H,5-8,14-15,20-25,43H2,1-4H3,(H2,44,54)(H,46,51)(H,47,55)(H,52,53)(H,58,59)(H,60,61,62)/t29-,30-,31-,32-,33-,34+/m0/s1. The van der Waals surface area contributed by atoms with E-state index in [-0.39, 0.29) is 31.2 Å². The number of likely N-dealkylation sites (N-methyl/N-ethyl adjacent to an activating group) is 2. The van der Waals surface area contributed by atoms with Crippen molar-refractivity contribution in [3.05, 3.63) is 71.3 Å². The molecule has 6 atom stereocenters. The maximum absolute atomic E-state index is 14.1. The zero-order chi connectivity index (χ0) is 47.4. The Labute approximate surface area is 367 Å². The number of carbonyl (C=O) groups excluding carboxylic acids is 6. The highest BCUT2D eigenvalue weighted by molar-refractivity contribution is 7.85. The molecule has 0 spiro atoms. The van der Waals surface area contributed by atoms with Crippen LogP contribution in [0, 0.1) is 0 Å². The molecule has 5 amide bonds. The van der Waals surface area contributed by atoms with Crippen molar-refractivity contribution in [1.82, 2.24) is 25.8 Å². The maximum Gasteiger partial charge on any atom is 0.321 e. The molecule has 2 aromatic rings. The van der Waals surface area contributed by atoms with Gasteiger partial charge in [-0.15, -0.1) is 0 Å². The Hall–Kier alpha value is -5.77. The van der Waals surface area contributed by atoms with E-state index in [2.05, 4.69) is 16.0 Å². The normalized spacial score (nSPS) is 14.2. The lowest BCUT2D eigenvalue weighted by Gasteiger charge is -2.35. The summed E-state index contributed by atoms with van der Waals surface area (Å²) in [5.41, 5.74) is 12.6. The number of ketones is 1. The number of nitrogens with zero attached hydrogens (tertiary/aromatic N) is 2. The van der Waals surface area contributed by atoms with Crippen molar-refractivity contribution in [3.63, 3.8) is 0 Å². The van der Waals surface area contributed by atoms with Gasteiger partial charge < -0.3 is 42.1 Å². The van der Waals surface area contributed by atoms with Gasteiger partial charge in [-0.3, -0.25) is 48.2 Å². The van der Waals surface area contributed by atoms with Crippen molar-refractivity contribution in [2.45, 2.75) is 120 Å². The fraction of sp³-hybridized carbons (Fsp3) is 0.524. The molecule has 2 rings (SSSR count). The van der Waals surface area contributed by atoms with E-state index in [4.69, 9.17) is 11.5 Å². The van der Waals surface area contributed by atoms with Crippen LogP contribution in [0.2, 0.25) is 0 Å². The van der Waals surface area contributed by atoms with E-state index in [1.807, 2.05) is 13.8 Å². The smallest absolute Gasteiger partial charge is 0.321 e. The summed E-state index contributed by atoms with van der Waals surface area (Å²) in [6.45, 7) is 3.27. The number of nitrogens with two attached hydrogens (primary N) is 2. The first kappa shape index (κ1) is 53.4. The molecule has 2 aromatic carbocycles. The first-order chi connectivity index (χ1) is 29.6. The number of rotatable bonds is 29. The second-order valence-corrected chi connectivity index (χ2v) is 16.8. The number of hydrogen-bond acceptors (Lipinski definition) is 12. The number of unbranched alkanes of at least 4 members (excludes halogenated alkanes) is 2. The highest BCUT2D eigenvalue weighted by Gasteiger charge is 2.38. The summed E-state index contributed by atoms with van der Waals surface area (Å²) >= 11 is 0. The molecule has 10 N–H and O–H groups in total. The van der Waals surface area contributed by atoms with E-state index in [0.29, 0.717) is 36.8 Å². The predicted molar refractivity (Wildman–Crippen MR) is 230 cm³/mol. The zero-order valence-corrected chi connectivity index (χ0v) is 36.8. The molecule has 21 heteroatoms. The van der Waals surface area contributed by atoms with Gasteiger partial charge >= 0.3 is 11.9 Å². The van der Waals surface area contributed by atoms with Crippen LogP contribution in [-0.4, -0.2) is 137 Å². The molecule has 0 fully saturated rings. The topological polar surface area (TPSA) is 326 Å². The van der Waals surface area contributed by atoms with Crippen LogP contribution < -0.4 is 27.4 Å².